The van der Waals surface area contributed by atoms with Crippen molar-refractivity contribution in [1.29, 1.82) is 0 Å². The number of carbonyl (C=O) groups is 2. The van der Waals surface area contributed by atoms with E-state index in [1.54, 1.807) is 6.08 Å². The zero-order valence-electron chi connectivity index (χ0n) is 19.0. The van der Waals surface area contributed by atoms with Gasteiger partial charge in [-0.2, -0.15) is 0 Å². The van der Waals surface area contributed by atoms with Gasteiger partial charge in [-0.15, -0.1) is 0 Å². The normalized spacial score (nSPS) is 20.1. The molecule has 35 heavy (non-hydrogen) atoms. The van der Waals surface area contributed by atoms with Crippen LogP contribution in [0.2, 0.25) is 0 Å². The van der Waals surface area contributed by atoms with Gasteiger partial charge >= 0.3 is 5.97 Å². The van der Waals surface area contributed by atoms with Gasteiger partial charge in [-0.25, -0.2) is 0 Å². The van der Waals surface area contributed by atoms with Crippen LogP contribution in [0.15, 0.2) is 17.0 Å². The maximum absolute atomic E-state index is 13.0. The van der Waals surface area contributed by atoms with Crippen LogP contribution in [0.5, 0.6) is 0 Å². The number of benzene rings is 1. The summed E-state index contributed by atoms with van der Waals surface area (Å²) in [5, 5.41) is 20.9. The second-order valence-electron chi connectivity index (χ2n) is 8.19. The monoisotopic (exact) mass is 522 g/mol. The van der Waals surface area contributed by atoms with Gasteiger partial charge in [0.05, 0.1) is 36.3 Å². The minimum absolute atomic E-state index is 0.0351. The predicted molar refractivity (Wildman–Crippen MR) is 136 cm³/mol. The molecule has 1 amide bonds. The van der Waals surface area contributed by atoms with Crippen molar-refractivity contribution in [2.24, 2.45) is 0 Å². The standard InChI is InChI=1S/C22H26N4O7S2/c27-20(28)2-1-3-25-21(29)19(35-22(25)34)13-15-12-18(26(30)31)17(24-6-10-33-11-7-24)14-16(15)23-4-8-32-9-5-23/h12-14H,1-11H2,(H,27,28). The quantitative estimate of drug-likeness (QED) is 0.234. The van der Waals surface area contributed by atoms with Gasteiger partial charge in [-0.05, 0) is 18.6 Å². The first-order chi connectivity index (χ1) is 16.8. The number of carboxylic acid groups (broad SMARTS) is 1. The molecule has 0 unspecified atom stereocenters. The number of nitro benzene ring substituents is 1. The van der Waals surface area contributed by atoms with E-state index in [2.05, 4.69) is 4.90 Å². The minimum Gasteiger partial charge on any atom is -0.481 e. The maximum Gasteiger partial charge on any atom is 0.303 e. The van der Waals surface area contributed by atoms with E-state index in [0.29, 0.717) is 73.1 Å². The Kier molecular flexibility index (Phi) is 8.21. The van der Waals surface area contributed by atoms with E-state index in [-0.39, 0.29) is 31.0 Å². The average molecular weight is 523 g/mol. The molecule has 1 aromatic carbocycles. The number of hydrogen-bond acceptors (Lipinski definition) is 10. The van der Waals surface area contributed by atoms with Crippen molar-refractivity contribution in [2.75, 3.05) is 69.0 Å². The molecule has 0 atom stereocenters. The number of carboxylic acids is 1. The van der Waals surface area contributed by atoms with Gasteiger partial charge in [-0.3, -0.25) is 24.6 Å². The van der Waals surface area contributed by atoms with Crippen LogP contribution in [0.1, 0.15) is 18.4 Å². The summed E-state index contributed by atoms with van der Waals surface area (Å²) < 4.78 is 11.2. The summed E-state index contributed by atoms with van der Waals surface area (Å²) in [7, 11) is 0. The largest absolute Gasteiger partial charge is 0.481 e. The molecule has 11 nitrogen and oxygen atoms in total. The van der Waals surface area contributed by atoms with Gasteiger partial charge in [0, 0.05) is 56.5 Å². The van der Waals surface area contributed by atoms with Crippen molar-refractivity contribution in [2.45, 2.75) is 12.8 Å². The van der Waals surface area contributed by atoms with E-state index in [9.17, 15) is 19.7 Å². The fourth-order valence-corrected chi connectivity index (χ4v) is 5.50. The molecule has 3 aliphatic rings. The fourth-order valence-electron chi connectivity index (χ4n) is 4.20. The average Bonchev–Trinajstić information content (AvgIpc) is 3.12. The molecule has 188 valence electrons. The number of hydrogen-bond donors (Lipinski definition) is 1. The number of rotatable bonds is 8. The summed E-state index contributed by atoms with van der Waals surface area (Å²) in [6.07, 6.45) is 1.87. The van der Waals surface area contributed by atoms with Crippen LogP contribution in [-0.4, -0.2) is 90.3 Å². The van der Waals surface area contributed by atoms with Crippen molar-refractivity contribution in [3.8, 4) is 0 Å². The first-order valence-electron chi connectivity index (χ1n) is 11.3. The molecular formula is C22H26N4O7S2. The molecule has 1 N–H and O–H groups in total. The maximum atomic E-state index is 13.0. The third-order valence-corrected chi connectivity index (χ3v) is 7.33. The number of nitro groups is 1. The van der Waals surface area contributed by atoms with Gasteiger partial charge in [-0.1, -0.05) is 24.0 Å². The molecule has 13 heteroatoms. The highest BCUT2D eigenvalue weighted by Gasteiger charge is 2.33. The Hall–Kier alpha value is -2.74. The number of nitrogens with zero attached hydrogens (tertiary/aromatic N) is 4. The van der Waals surface area contributed by atoms with Crippen molar-refractivity contribution < 1.29 is 29.1 Å². The molecule has 0 spiro atoms. The van der Waals surface area contributed by atoms with Crippen molar-refractivity contribution in [3.05, 3.63) is 32.7 Å². The summed E-state index contributed by atoms with van der Waals surface area (Å²) in [5.41, 5.74) is 1.84. The lowest BCUT2D eigenvalue weighted by atomic mass is 10.1. The number of thiocarbonyl (C=S) groups is 1. The topological polar surface area (TPSA) is 126 Å². The summed E-state index contributed by atoms with van der Waals surface area (Å²) in [6, 6.07) is 3.35. The number of amides is 1. The lowest BCUT2D eigenvalue weighted by Crippen LogP contribution is -2.38. The first-order valence-corrected chi connectivity index (χ1v) is 12.5. The molecule has 0 bridgehead atoms. The zero-order valence-corrected chi connectivity index (χ0v) is 20.6. The Morgan fingerprint density at radius 1 is 1.11 bits per heavy atom. The number of thioether (sulfide) groups is 1. The molecular weight excluding hydrogens is 496 g/mol. The number of ether oxygens (including phenoxy) is 2. The van der Waals surface area contributed by atoms with Crippen molar-refractivity contribution >= 4 is 63.3 Å². The van der Waals surface area contributed by atoms with Gasteiger partial charge in [0.1, 0.15) is 10.0 Å². The summed E-state index contributed by atoms with van der Waals surface area (Å²) in [5.74, 6) is -1.26. The molecule has 3 fully saturated rings. The van der Waals surface area contributed by atoms with E-state index in [1.165, 1.54) is 11.0 Å². The summed E-state index contributed by atoms with van der Waals surface area (Å²) >= 11 is 6.47. The summed E-state index contributed by atoms with van der Waals surface area (Å²) in [4.78, 5) is 41.3. The molecule has 0 saturated carbocycles. The lowest BCUT2D eigenvalue weighted by molar-refractivity contribution is -0.384. The molecule has 0 aromatic heterocycles. The third-order valence-electron chi connectivity index (χ3n) is 5.96. The number of carbonyl (C=O) groups excluding carboxylic acids is 1. The Morgan fingerprint density at radius 3 is 2.29 bits per heavy atom. The van der Waals surface area contributed by atoms with E-state index in [4.69, 9.17) is 26.8 Å². The smallest absolute Gasteiger partial charge is 0.303 e. The van der Waals surface area contributed by atoms with Gasteiger partial charge < -0.3 is 24.4 Å². The van der Waals surface area contributed by atoms with Crippen LogP contribution in [0.3, 0.4) is 0 Å². The Labute approximate surface area is 211 Å². The van der Waals surface area contributed by atoms with Gasteiger partial charge in [0.2, 0.25) is 0 Å². The zero-order chi connectivity index (χ0) is 24.9. The molecule has 1 aromatic rings. The third kappa shape index (κ3) is 5.92. The van der Waals surface area contributed by atoms with Crippen LogP contribution in [0.25, 0.3) is 6.08 Å². The van der Waals surface area contributed by atoms with E-state index < -0.39 is 10.9 Å². The Morgan fingerprint density at radius 2 is 1.71 bits per heavy atom. The van der Waals surface area contributed by atoms with Crippen molar-refractivity contribution in [3.63, 3.8) is 0 Å². The Bertz CT molecular complexity index is 1050. The van der Waals surface area contributed by atoms with Crippen LogP contribution < -0.4 is 9.80 Å². The SMILES string of the molecule is O=C(O)CCCN1C(=O)C(=Cc2cc([N+](=O)[O-])c(N3CCOCC3)cc2N2CCOCC2)SC1=S. The van der Waals surface area contributed by atoms with Crippen LogP contribution in [0, 0.1) is 10.1 Å². The van der Waals surface area contributed by atoms with Crippen LogP contribution in [0.4, 0.5) is 17.1 Å². The van der Waals surface area contributed by atoms with Crippen molar-refractivity contribution in [1.82, 2.24) is 4.90 Å². The van der Waals surface area contributed by atoms with E-state index >= 15 is 0 Å². The highest BCUT2D eigenvalue weighted by Crippen LogP contribution is 2.40. The molecule has 3 aliphatic heterocycles. The summed E-state index contributed by atoms with van der Waals surface area (Å²) in [6.45, 7) is 4.63. The second-order valence-corrected chi connectivity index (χ2v) is 9.86. The fraction of sp³-hybridized carbons (Fsp3) is 0.500. The molecule has 0 radical (unpaired) electrons. The highest BCUT2D eigenvalue weighted by atomic mass is 32.2. The van der Waals surface area contributed by atoms with Crippen LogP contribution >= 0.6 is 24.0 Å². The predicted octanol–water partition coefficient (Wildman–Crippen LogP) is 2.33. The number of anilines is 2. The van der Waals surface area contributed by atoms with E-state index in [0.717, 1.165) is 17.4 Å². The molecule has 0 aliphatic carbocycles. The first kappa shape index (κ1) is 25.4. The number of morpholine rings is 2. The van der Waals surface area contributed by atoms with Crippen LogP contribution in [-0.2, 0) is 19.1 Å². The number of aliphatic carboxylic acids is 1. The lowest BCUT2D eigenvalue weighted by Gasteiger charge is -2.33. The second kappa shape index (κ2) is 11.3. The molecule has 3 heterocycles. The van der Waals surface area contributed by atoms with E-state index in [1.807, 2.05) is 11.0 Å². The molecule has 3 saturated heterocycles. The highest BCUT2D eigenvalue weighted by molar-refractivity contribution is 8.26. The Balaban J connectivity index is 1.71. The molecule has 4 rings (SSSR count). The van der Waals surface area contributed by atoms with Gasteiger partial charge in [0.25, 0.3) is 11.6 Å². The van der Waals surface area contributed by atoms with Gasteiger partial charge in [0.15, 0.2) is 0 Å². The minimum atomic E-state index is -0.936.